The van der Waals surface area contributed by atoms with E-state index in [0.717, 1.165) is 12.2 Å². The Bertz CT molecular complexity index is 233. The number of hydrogen-bond donors (Lipinski definition) is 1. The van der Waals surface area contributed by atoms with Crippen molar-refractivity contribution in [1.29, 1.82) is 0 Å². The van der Waals surface area contributed by atoms with Gasteiger partial charge in [0.05, 0.1) is 6.10 Å². The topological polar surface area (TPSA) is 20.2 Å². The standard InChI is InChI=1S/C11H18OS2/c1-3-9(2)14-8-11(12)6-10-4-5-13-7-10/h4-5,7,9,11-12H,3,6,8H2,1-2H3. The van der Waals surface area contributed by atoms with E-state index in [0.29, 0.717) is 5.25 Å². The largest absolute Gasteiger partial charge is 0.392 e. The third-order valence-corrected chi connectivity index (χ3v) is 4.41. The van der Waals surface area contributed by atoms with Crippen molar-refractivity contribution >= 4 is 23.1 Å². The van der Waals surface area contributed by atoms with Crippen molar-refractivity contribution in [2.75, 3.05) is 5.75 Å². The molecule has 3 heteroatoms. The minimum atomic E-state index is -0.191. The SMILES string of the molecule is CCC(C)SCC(O)Cc1ccsc1. The Labute approximate surface area is 94.5 Å². The molecule has 1 heterocycles. The molecule has 2 unspecified atom stereocenters. The molecule has 1 nitrogen and oxygen atoms in total. The van der Waals surface area contributed by atoms with Gasteiger partial charge in [-0.15, -0.1) is 0 Å². The molecule has 0 saturated carbocycles. The minimum absolute atomic E-state index is 0.191. The predicted octanol–water partition coefficient (Wildman–Crippen LogP) is 3.18. The van der Waals surface area contributed by atoms with Crippen LogP contribution >= 0.6 is 23.1 Å². The molecule has 0 bridgehead atoms. The molecule has 0 spiro atoms. The fraction of sp³-hybridized carbons (Fsp3) is 0.636. The van der Waals surface area contributed by atoms with Gasteiger partial charge in [0.1, 0.15) is 0 Å². The van der Waals surface area contributed by atoms with E-state index in [9.17, 15) is 5.11 Å². The maximum absolute atomic E-state index is 9.75. The number of rotatable bonds is 6. The van der Waals surface area contributed by atoms with Crippen molar-refractivity contribution in [1.82, 2.24) is 0 Å². The number of thiophene rings is 1. The molecule has 1 rings (SSSR count). The third-order valence-electron chi connectivity index (χ3n) is 2.20. The lowest BCUT2D eigenvalue weighted by molar-refractivity contribution is 0.200. The van der Waals surface area contributed by atoms with Gasteiger partial charge in [-0.25, -0.2) is 0 Å². The Morgan fingerprint density at radius 2 is 2.36 bits per heavy atom. The minimum Gasteiger partial charge on any atom is -0.392 e. The molecular formula is C11H18OS2. The highest BCUT2D eigenvalue weighted by Gasteiger charge is 2.08. The van der Waals surface area contributed by atoms with Crippen LogP contribution in [0.2, 0.25) is 0 Å². The van der Waals surface area contributed by atoms with Gasteiger partial charge in [-0.3, -0.25) is 0 Å². The summed E-state index contributed by atoms with van der Waals surface area (Å²) >= 11 is 3.55. The zero-order valence-electron chi connectivity index (χ0n) is 8.77. The van der Waals surface area contributed by atoms with Crippen molar-refractivity contribution in [3.63, 3.8) is 0 Å². The van der Waals surface area contributed by atoms with Gasteiger partial charge < -0.3 is 5.11 Å². The molecule has 1 N–H and O–H groups in total. The second-order valence-electron chi connectivity index (χ2n) is 3.54. The number of hydrogen-bond acceptors (Lipinski definition) is 3. The van der Waals surface area contributed by atoms with Crippen LogP contribution < -0.4 is 0 Å². The third kappa shape index (κ3) is 4.49. The van der Waals surface area contributed by atoms with Gasteiger partial charge in [-0.2, -0.15) is 23.1 Å². The summed E-state index contributed by atoms with van der Waals surface area (Å²) in [7, 11) is 0. The molecule has 0 saturated heterocycles. The van der Waals surface area contributed by atoms with Gasteiger partial charge in [0.2, 0.25) is 0 Å². The Kier molecular flexibility index (Phi) is 5.60. The van der Waals surface area contributed by atoms with Crippen LogP contribution in [-0.4, -0.2) is 22.2 Å². The fourth-order valence-electron chi connectivity index (χ4n) is 1.13. The van der Waals surface area contributed by atoms with Crippen LogP contribution in [0, 0.1) is 0 Å². The second-order valence-corrected chi connectivity index (χ2v) is 5.79. The molecule has 80 valence electrons. The summed E-state index contributed by atoms with van der Waals surface area (Å²) in [6.07, 6.45) is 1.78. The van der Waals surface area contributed by atoms with Crippen molar-refractivity contribution < 1.29 is 5.11 Å². The molecule has 0 amide bonds. The Morgan fingerprint density at radius 3 is 2.93 bits per heavy atom. The highest BCUT2D eigenvalue weighted by atomic mass is 32.2. The van der Waals surface area contributed by atoms with Crippen molar-refractivity contribution in [2.45, 2.75) is 38.0 Å². The average molecular weight is 230 g/mol. The zero-order valence-corrected chi connectivity index (χ0v) is 10.4. The van der Waals surface area contributed by atoms with Gasteiger partial charge in [-0.1, -0.05) is 13.8 Å². The van der Waals surface area contributed by atoms with Crippen LogP contribution in [-0.2, 0) is 6.42 Å². The van der Waals surface area contributed by atoms with Crippen LogP contribution in [0.3, 0.4) is 0 Å². The van der Waals surface area contributed by atoms with E-state index in [4.69, 9.17) is 0 Å². The molecule has 1 aromatic rings. The second kappa shape index (κ2) is 6.49. The van der Waals surface area contributed by atoms with Gasteiger partial charge in [0, 0.05) is 11.0 Å². The molecule has 0 aliphatic heterocycles. The number of thioether (sulfide) groups is 1. The first-order valence-corrected chi connectivity index (χ1v) is 7.02. The summed E-state index contributed by atoms with van der Waals surface area (Å²) in [5, 5.41) is 14.6. The molecular weight excluding hydrogens is 212 g/mol. The molecule has 0 radical (unpaired) electrons. The van der Waals surface area contributed by atoms with Crippen LogP contribution in [0.1, 0.15) is 25.8 Å². The summed E-state index contributed by atoms with van der Waals surface area (Å²) in [5.41, 5.74) is 1.26. The summed E-state index contributed by atoms with van der Waals surface area (Å²) in [6, 6.07) is 2.09. The van der Waals surface area contributed by atoms with E-state index in [-0.39, 0.29) is 6.10 Å². The molecule has 2 atom stereocenters. The molecule has 0 aromatic carbocycles. The van der Waals surface area contributed by atoms with E-state index in [1.54, 1.807) is 11.3 Å². The lowest BCUT2D eigenvalue weighted by Crippen LogP contribution is -2.14. The zero-order chi connectivity index (χ0) is 10.4. The van der Waals surface area contributed by atoms with E-state index < -0.39 is 0 Å². The lowest BCUT2D eigenvalue weighted by atomic mass is 10.2. The molecule has 14 heavy (non-hydrogen) atoms. The first-order valence-electron chi connectivity index (χ1n) is 5.03. The normalized spacial score (nSPS) is 15.4. The molecule has 1 aromatic heterocycles. The first-order chi connectivity index (χ1) is 6.72. The van der Waals surface area contributed by atoms with Crippen LogP contribution in [0.15, 0.2) is 16.8 Å². The van der Waals surface area contributed by atoms with Gasteiger partial charge >= 0.3 is 0 Å². The van der Waals surface area contributed by atoms with Gasteiger partial charge in [-0.05, 0) is 35.2 Å². The fourth-order valence-corrected chi connectivity index (χ4v) is 2.72. The van der Waals surface area contributed by atoms with Crippen molar-refractivity contribution in [3.8, 4) is 0 Å². The average Bonchev–Trinajstić information content (AvgIpc) is 2.66. The summed E-state index contributed by atoms with van der Waals surface area (Å²) in [5.74, 6) is 0.852. The smallest absolute Gasteiger partial charge is 0.0671 e. The highest BCUT2D eigenvalue weighted by molar-refractivity contribution is 7.99. The van der Waals surface area contributed by atoms with E-state index in [1.807, 2.05) is 11.8 Å². The summed E-state index contributed by atoms with van der Waals surface area (Å²) < 4.78 is 0. The van der Waals surface area contributed by atoms with Gasteiger partial charge in [0.15, 0.2) is 0 Å². The Balaban J connectivity index is 2.19. The van der Waals surface area contributed by atoms with Crippen LogP contribution in [0.4, 0.5) is 0 Å². The lowest BCUT2D eigenvalue weighted by Gasteiger charge is -2.12. The van der Waals surface area contributed by atoms with E-state index >= 15 is 0 Å². The Hall–Kier alpha value is 0.01000. The predicted molar refractivity (Wildman–Crippen MR) is 66.2 cm³/mol. The van der Waals surface area contributed by atoms with Gasteiger partial charge in [0.25, 0.3) is 0 Å². The van der Waals surface area contributed by atoms with Crippen molar-refractivity contribution in [3.05, 3.63) is 22.4 Å². The van der Waals surface area contributed by atoms with Crippen LogP contribution in [0.5, 0.6) is 0 Å². The highest BCUT2D eigenvalue weighted by Crippen LogP contribution is 2.17. The summed E-state index contributed by atoms with van der Waals surface area (Å²) in [6.45, 7) is 4.39. The summed E-state index contributed by atoms with van der Waals surface area (Å²) in [4.78, 5) is 0. The van der Waals surface area contributed by atoms with Crippen molar-refractivity contribution in [2.24, 2.45) is 0 Å². The number of aliphatic hydroxyl groups excluding tert-OH is 1. The molecule has 0 aliphatic carbocycles. The van der Waals surface area contributed by atoms with Crippen LogP contribution in [0.25, 0.3) is 0 Å². The first kappa shape index (κ1) is 12.1. The number of aliphatic hydroxyl groups is 1. The molecule has 0 aliphatic rings. The Morgan fingerprint density at radius 1 is 1.57 bits per heavy atom. The maximum atomic E-state index is 9.75. The van der Waals surface area contributed by atoms with E-state index in [2.05, 4.69) is 30.7 Å². The maximum Gasteiger partial charge on any atom is 0.0671 e. The molecule has 0 fully saturated rings. The monoisotopic (exact) mass is 230 g/mol. The quantitative estimate of drug-likeness (QED) is 0.810. The van der Waals surface area contributed by atoms with E-state index in [1.165, 1.54) is 12.0 Å².